The molecule has 1 saturated carbocycles. The molecule has 0 spiro atoms. The highest BCUT2D eigenvalue weighted by Crippen LogP contribution is 2.41. The van der Waals surface area contributed by atoms with Crippen LogP contribution in [0.3, 0.4) is 0 Å². The summed E-state index contributed by atoms with van der Waals surface area (Å²) < 4.78 is 1.79. The van der Waals surface area contributed by atoms with Crippen molar-refractivity contribution in [2.24, 2.45) is 7.05 Å². The van der Waals surface area contributed by atoms with Crippen LogP contribution >= 0.6 is 0 Å². The molecule has 128 valence electrons. The van der Waals surface area contributed by atoms with E-state index < -0.39 is 0 Å². The molecule has 2 fully saturated rings. The van der Waals surface area contributed by atoms with Gasteiger partial charge in [0.1, 0.15) is 0 Å². The van der Waals surface area contributed by atoms with Gasteiger partial charge in [-0.05, 0) is 32.1 Å². The molecule has 1 unspecified atom stereocenters. The molecule has 0 aromatic carbocycles. The van der Waals surface area contributed by atoms with Crippen LogP contribution in [0.15, 0.2) is 24.8 Å². The molecule has 1 N–H and O–H groups in total. The number of hydrogen-bond donors (Lipinski definition) is 1. The minimum Gasteiger partial charge on any atom is -0.335 e. The van der Waals surface area contributed by atoms with Crippen LogP contribution in [0.4, 0.5) is 4.79 Å². The van der Waals surface area contributed by atoms with Crippen molar-refractivity contribution in [2.75, 3.05) is 13.1 Å². The minimum atomic E-state index is -0.126. The molecule has 2 aliphatic rings. The fourth-order valence-electron chi connectivity index (χ4n) is 3.53. The number of likely N-dealkylation sites (tertiary alicyclic amines) is 1. The van der Waals surface area contributed by atoms with Gasteiger partial charge < -0.3 is 10.2 Å². The molecule has 1 aliphatic carbocycles. The molecule has 8 heteroatoms. The third kappa shape index (κ3) is 2.76. The zero-order valence-electron chi connectivity index (χ0n) is 13.9. The number of aryl methyl sites for hydroxylation is 1. The van der Waals surface area contributed by atoms with Crippen molar-refractivity contribution in [3.8, 4) is 0 Å². The van der Waals surface area contributed by atoms with Gasteiger partial charge in [0, 0.05) is 31.9 Å². The molecular weight excluding hydrogens is 306 g/mol. The third-order valence-corrected chi connectivity index (χ3v) is 5.11. The third-order valence-electron chi connectivity index (χ3n) is 5.11. The maximum absolute atomic E-state index is 12.8. The summed E-state index contributed by atoms with van der Waals surface area (Å²) in [6.45, 7) is 1.37. The van der Waals surface area contributed by atoms with E-state index in [1.54, 1.807) is 21.9 Å². The SMILES string of the molecule is Cn1cc(C2CCCCN2C(=O)NCC2(n3nccn3)CC2)cn1. The molecular formula is C16H23N7O. The molecule has 2 aromatic heterocycles. The number of piperidine rings is 1. The summed E-state index contributed by atoms with van der Waals surface area (Å²) in [4.78, 5) is 16.5. The first kappa shape index (κ1) is 15.2. The fraction of sp³-hybridized carbons (Fsp3) is 0.625. The van der Waals surface area contributed by atoms with Gasteiger partial charge in [-0.2, -0.15) is 20.1 Å². The molecule has 2 amide bonds. The van der Waals surface area contributed by atoms with E-state index in [1.807, 2.05) is 24.3 Å². The Morgan fingerprint density at radius 3 is 2.75 bits per heavy atom. The predicted octanol–water partition coefficient (Wildman–Crippen LogP) is 1.44. The number of hydrogen-bond acceptors (Lipinski definition) is 4. The van der Waals surface area contributed by atoms with Crippen LogP contribution < -0.4 is 5.32 Å². The number of carbonyl (C=O) groups excluding carboxylic acids is 1. The van der Waals surface area contributed by atoms with E-state index >= 15 is 0 Å². The monoisotopic (exact) mass is 329 g/mol. The van der Waals surface area contributed by atoms with Gasteiger partial charge in [0.2, 0.25) is 0 Å². The Hall–Kier alpha value is -2.38. The van der Waals surface area contributed by atoms with E-state index in [4.69, 9.17) is 0 Å². The van der Waals surface area contributed by atoms with Gasteiger partial charge in [-0.1, -0.05) is 0 Å². The topological polar surface area (TPSA) is 80.9 Å². The van der Waals surface area contributed by atoms with E-state index in [0.717, 1.165) is 44.2 Å². The van der Waals surface area contributed by atoms with E-state index in [2.05, 4.69) is 20.6 Å². The standard InChI is InChI=1S/C16H23N7O/c1-21-11-13(10-20-21)14-4-2-3-9-22(14)15(24)17-12-16(5-6-16)23-18-7-8-19-23/h7-8,10-11,14H,2-6,9,12H2,1H3,(H,17,24). The number of urea groups is 1. The lowest BCUT2D eigenvalue weighted by Crippen LogP contribution is -2.47. The zero-order valence-corrected chi connectivity index (χ0v) is 13.9. The summed E-state index contributed by atoms with van der Waals surface area (Å²) in [6.07, 6.45) is 12.4. The summed E-state index contributed by atoms with van der Waals surface area (Å²) in [5, 5.41) is 15.8. The van der Waals surface area contributed by atoms with Crippen LogP contribution in [-0.4, -0.2) is 48.8 Å². The largest absolute Gasteiger partial charge is 0.335 e. The van der Waals surface area contributed by atoms with Gasteiger partial charge in [-0.15, -0.1) is 0 Å². The lowest BCUT2D eigenvalue weighted by molar-refractivity contribution is 0.149. The Kier molecular flexibility index (Phi) is 3.74. The summed E-state index contributed by atoms with van der Waals surface area (Å²) in [5.74, 6) is 0. The quantitative estimate of drug-likeness (QED) is 0.920. The van der Waals surface area contributed by atoms with Crippen molar-refractivity contribution in [3.63, 3.8) is 0 Å². The Labute approximate surface area is 140 Å². The molecule has 8 nitrogen and oxygen atoms in total. The van der Waals surface area contributed by atoms with Crippen LogP contribution in [-0.2, 0) is 12.6 Å². The van der Waals surface area contributed by atoms with Crippen LogP contribution in [0.5, 0.6) is 0 Å². The van der Waals surface area contributed by atoms with Gasteiger partial charge in [-0.3, -0.25) is 4.68 Å². The predicted molar refractivity (Wildman–Crippen MR) is 87.1 cm³/mol. The summed E-state index contributed by atoms with van der Waals surface area (Å²) >= 11 is 0. The van der Waals surface area contributed by atoms with E-state index in [0.29, 0.717) is 6.54 Å². The maximum atomic E-state index is 12.8. The normalized spacial score (nSPS) is 22.4. The minimum absolute atomic E-state index is 0.00184. The Balaban J connectivity index is 1.43. The summed E-state index contributed by atoms with van der Waals surface area (Å²) in [7, 11) is 1.91. The van der Waals surface area contributed by atoms with Crippen molar-refractivity contribution in [1.29, 1.82) is 0 Å². The highest BCUT2D eigenvalue weighted by molar-refractivity contribution is 5.75. The van der Waals surface area contributed by atoms with Crippen molar-refractivity contribution < 1.29 is 4.79 Å². The van der Waals surface area contributed by atoms with Crippen molar-refractivity contribution >= 4 is 6.03 Å². The second kappa shape index (κ2) is 5.92. The second-order valence-corrected chi connectivity index (χ2v) is 6.85. The van der Waals surface area contributed by atoms with E-state index in [9.17, 15) is 4.79 Å². The Morgan fingerprint density at radius 2 is 2.08 bits per heavy atom. The van der Waals surface area contributed by atoms with Crippen molar-refractivity contribution in [1.82, 2.24) is 35.0 Å². The molecule has 1 aliphatic heterocycles. The number of carbonyl (C=O) groups is 1. The Bertz CT molecular complexity index is 704. The molecule has 0 bridgehead atoms. The summed E-state index contributed by atoms with van der Waals surface area (Å²) in [6, 6.07) is 0.118. The number of nitrogens with one attached hydrogen (secondary N) is 1. The van der Waals surface area contributed by atoms with Crippen LogP contribution in [0.2, 0.25) is 0 Å². The molecule has 1 atom stereocenters. The van der Waals surface area contributed by atoms with Crippen LogP contribution in [0, 0.1) is 0 Å². The smallest absolute Gasteiger partial charge is 0.318 e. The highest BCUT2D eigenvalue weighted by Gasteiger charge is 2.47. The number of aromatic nitrogens is 5. The maximum Gasteiger partial charge on any atom is 0.318 e. The average molecular weight is 329 g/mol. The zero-order chi connectivity index (χ0) is 16.6. The number of rotatable bonds is 4. The molecule has 3 heterocycles. The first-order valence-electron chi connectivity index (χ1n) is 8.58. The lowest BCUT2D eigenvalue weighted by atomic mass is 9.98. The molecule has 1 saturated heterocycles. The summed E-state index contributed by atoms with van der Waals surface area (Å²) in [5.41, 5.74) is 0.987. The number of nitrogens with zero attached hydrogens (tertiary/aromatic N) is 6. The van der Waals surface area contributed by atoms with Crippen LogP contribution in [0.25, 0.3) is 0 Å². The van der Waals surface area contributed by atoms with E-state index in [1.165, 1.54) is 0 Å². The molecule has 24 heavy (non-hydrogen) atoms. The molecule has 2 aromatic rings. The van der Waals surface area contributed by atoms with Gasteiger partial charge in [-0.25, -0.2) is 4.79 Å². The molecule has 0 radical (unpaired) electrons. The van der Waals surface area contributed by atoms with Crippen molar-refractivity contribution in [2.45, 2.75) is 43.7 Å². The van der Waals surface area contributed by atoms with Crippen molar-refractivity contribution in [3.05, 3.63) is 30.4 Å². The van der Waals surface area contributed by atoms with Gasteiger partial charge in [0.15, 0.2) is 0 Å². The van der Waals surface area contributed by atoms with Gasteiger partial charge in [0.05, 0.1) is 30.2 Å². The first-order chi connectivity index (χ1) is 11.7. The van der Waals surface area contributed by atoms with Crippen LogP contribution in [0.1, 0.15) is 43.7 Å². The number of amides is 2. The molecule has 4 rings (SSSR count). The fourth-order valence-corrected chi connectivity index (χ4v) is 3.53. The van der Waals surface area contributed by atoms with Gasteiger partial charge in [0.25, 0.3) is 0 Å². The first-order valence-corrected chi connectivity index (χ1v) is 8.58. The second-order valence-electron chi connectivity index (χ2n) is 6.85. The Morgan fingerprint density at radius 1 is 1.29 bits per heavy atom. The van der Waals surface area contributed by atoms with Gasteiger partial charge >= 0.3 is 6.03 Å². The lowest BCUT2D eigenvalue weighted by Gasteiger charge is -2.35. The highest BCUT2D eigenvalue weighted by atomic mass is 16.2. The average Bonchev–Trinajstić information content (AvgIpc) is 3.00. The van der Waals surface area contributed by atoms with E-state index in [-0.39, 0.29) is 17.6 Å².